The number of halogens is 1. The van der Waals surface area contributed by atoms with Gasteiger partial charge in [0.05, 0.1) is 25.6 Å². The average Bonchev–Trinajstić information content (AvgIpc) is 3.53. The number of aliphatic carboxylic acids is 1. The van der Waals surface area contributed by atoms with Crippen LogP contribution in [0.4, 0.5) is 11.9 Å². The monoisotopic (exact) mass is 516 g/mol. The van der Waals surface area contributed by atoms with Gasteiger partial charge in [0.25, 0.3) is 5.97 Å². The second kappa shape index (κ2) is 12.2. The number of morpholine rings is 1. The van der Waals surface area contributed by atoms with E-state index in [2.05, 4.69) is 46.7 Å². The lowest BCUT2D eigenvalue weighted by atomic mass is 9.96. The summed E-state index contributed by atoms with van der Waals surface area (Å²) in [7, 11) is 0. The molecule has 1 aromatic carbocycles. The number of hydrogen-bond acceptors (Lipinski definition) is 8. The van der Waals surface area contributed by atoms with Crippen molar-refractivity contribution in [3.8, 4) is 0 Å². The number of carboxylic acid groups (broad SMARTS) is 1. The average molecular weight is 517 g/mol. The first-order chi connectivity index (χ1) is 17.4. The van der Waals surface area contributed by atoms with Crippen LogP contribution < -0.4 is 10.6 Å². The van der Waals surface area contributed by atoms with Crippen LogP contribution in [0.15, 0.2) is 43.0 Å². The van der Waals surface area contributed by atoms with Gasteiger partial charge < -0.3 is 25.0 Å². The van der Waals surface area contributed by atoms with E-state index in [1.807, 2.05) is 30.9 Å². The number of anilines is 2. The molecule has 36 heavy (non-hydrogen) atoms. The van der Waals surface area contributed by atoms with Crippen molar-refractivity contribution in [3.05, 3.63) is 53.6 Å². The van der Waals surface area contributed by atoms with E-state index in [0.29, 0.717) is 24.0 Å². The van der Waals surface area contributed by atoms with Gasteiger partial charge in [-0.1, -0.05) is 23.7 Å². The van der Waals surface area contributed by atoms with Crippen molar-refractivity contribution in [2.75, 3.05) is 36.9 Å². The highest BCUT2D eigenvalue weighted by molar-refractivity contribution is 6.30. The van der Waals surface area contributed by atoms with Crippen LogP contribution in [-0.4, -0.2) is 85.1 Å². The number of nitrogens with two attached hydrogens (primary N) is 1. The number of benzene rings is 1. The van der Waals surface area contributed by atoms with E-state index in [1.54, 1.807) is 0 Å². The number of nitrogens with zero attached hydrogens (tertiary/aromatic N) is 6. The minimum Gasteiger partial charge on any atom is -0.481 e. The number of piperidine rings is 1. The maximum absolute atomic E-state index is 9.00. The topological polar surface area (TPSA) is 138 Å². The van der Waals surface area contributed by atoms with Crippen LogP contribution in [-0.2, 0) is 22.5 Å². The molecule has 4 heterocycles. The van der Waals surface area contributed by atoms with Gasteiger partial charge in [0.2, 0.25) is 11.9 Å². The van der Waals surface area contributed by atoms with Crippen LogP contribution in [0.5, 0.6) is 0 Å². The second-order valence-electron chi connectivity index (χ2n) is 9.15. The summed E-state index contributed by atoms with van der Waals surface area (Å²) in [6.45, 7) is 5.37. The number of carbonyl (C=O) groups is 1. The molecule has 2 fully saturated rings. The molecule has 0 amide bonds. The van der Waals surface area contributed by atoms with Crippen molar-refractivity contribution in [2.45, 2.75) is 50.9 Å². The van der Waals surface area contributed by atoms with Crippen LogP contribution in [0.2, 0.25) is 5.02 Å². The first-order valence-corrected chi connectivity index (χ1v) is 12.4. The molecule has 4 N–H and O–H groups in total. The van der Waals surface area contributed by atoms with E-state index in [9.17, 15) is 0 Å². The molecule has 0 saturated carbocycles. The summed E-state index contributed by atoms with van der Waals surface area (Å²) >= 11 is 6.09. The third-order valence-electron chi connectivity index (χ3n) is 6.47. The van der Waals surface area contributed by atoms with Crippen LogP contribution in [0.25, 0.3) is 0 Å². The van der Waals surface area contributed by atoms with Gasteiger partial charge in [0.1, 0.15) is 0 Å². The van der Waals surface area contributed by atoms with Crippen molar-refractivity contribution in [2.24, 2.45) is 0 Å². The Labute approximate surface area is 215 Å². The zero-order valence-corrected chi connectivity index (χ0v) is 21.1. The molecule has 0 unspecified atom stereocenters. The first kappa shape index (κ1) is 25.9. The lowest BCUT2D eigenvalue weighted by molar-refractivity contribution is -0.134. The molecule has 5 rings (SSSR count). The van der Waals surface area contributed by atoms with E-state index < -0.39 is 5.97 Å². The number of ether oxygens (including phenoxy) is 1. The molecule has 2 aliphatic heterocycles. The van der Waals surface area contributed by atoms with E-state index >= 15 is 0 Å². The molecule has 12 heteroatoms. The predicted molar refractivity (Wildman–Crippen MR) is 137 cm³/mol. The van der Waals surface area contributed by atoms with Gasteiger partial charge in [0, 0.05) is 56.1 Å². The Morgan fingerprint density at radius 3 is 2.61 bits per heavy atom. The summed E-state index contributed by atoms with van der Waals surface area (Å²) in [4.78, 5) is 22.3. The van der Waals surface area contributed by atoms with Crippen molar-refractivity contribution in [1.82, 2.24) is 29.6 Å². The van der Waals surface area contributed by atoms with Gasteiger partial charge in [-0.2, -0.15) is 4.98 Å². The molecule has 2 aliphatic rings. The molecule has 2 atom stereocenters. The van der Waals surface area contributed by atoms with E-state index in [4.69, 9.17) is 32.0 Å². The Kier molecular flexibility index (Phi) is 8.79. The zero-order chi connectivity index (χ0) is 25.5. The van der Waals surface area contributed by atoms with Crippen molar-refractivity contribution in [1.29, 1.82) is 0 Å². The van der Waals surface area contributed by atoms with Crippen LogP contribution in [0, 0.1) is 0 Å². The maximum Gasteiger partial charge on any atom is 0.300 e. The summed E-state index contributed by atoms with van der Waals surface area (Å²) in [6, 6.07) is 9.00. The summed E-state index contributed by atoms with van der Waals surface area (Å²) in [5.74, 6) is 0.222. The standard InChI is InChI=1S/C22H29ClN8O.C2H4O2/c23-17-3-1-16(2-4-17)11-19-14-32-20(12-29-10-7-25-15-29)13-31(19)18-5-8-30(9-6-18)22-26-21(24)27-28-22;1-2(3)4/h1-4,7,10,15,18-20H,5-6,8-9,11-14H2,(H3,24,26,27,28);1H3,(H,3,4)/t19-,20-;/m0./s1. The Morgan fingerprint density at radius 2 is 2.00 bits per heavy atom. The summed E-state index contributed by atoms with van der Waals surface area (Å²) in [6.07, 6.45) is 8.88. The van der Waals surface area contributed by atoms with Gasteiger partial charge in [-0.25, -0.2) is 10.1 Å². The fraction of sp³-hybridized carbons (Fsp3) is 0.500. The minimum atomic E-state index is -0.833. The second-order valence-corrected chi connectivity index (χ2v) is 9.59. The fourth-order valence-electron chi connectivity index (χ4n) is 4.84. The number of carboxylic acids is 1. The Morgan fingerprint density at radius 1 is 1.28 bits per heavy atom. The van der Waals surface area contributed by atoms with Gasteiger partial charge in [0.15, 0.2) is 0 Å². The number of rotatable bonds is 6. The molecule has 2 saturated heterocycles. The smallest absolute Gasteiger partial charge is 0.300 e. The third-order valence-corrected chi connectivity index (χ3v) is 6.73. The van der Waals surface area contributed by atoms with Crippen molar-refractivity contribution in [3.63, 3.8) is 0 Å². The highest BCUT2D eigenvalue weighted by Gasteiger charge is 2.36. The number of hydrogen-bond donors (Lipinski definition) is 3. The molecule has 0 spiro atoms. The molecular formula is C24H33ClN8O3. The van der Waals surface area contributed by atoms with Gasteiger partial charge in [-0.15, -0.1) is 5.10 Å². The van der Waals surface area contributed by atoms with Crippen LogP contribution in [0.1, 0.15) is 25.3 Å². The maximum atomic E-state index is 9.00. The highest BCUT2D eigenvalue weighted by Crippen LogP contribution is 2.27. The minimum absolute atomic E-state index is 0.150. The Bertz CT molecular complexity index is 1080. The normalized spacial score (nSPS) is 21.1. The molecule has 0 aliphatic carbocycles. The van der Waals surface area contributed by atoms with E-state index in [0.717, 1.165) is 64.0 Å². The first-order valence-electron chi connectivity index (χ1n) is 12.1. The highest BCUT2D eigenvalue weighted by atomic mass is 35.5. The summed E-state index contributed by atoms with van der Waals surface area (Å²) < 4.78 is 8.41. The largest absolute Gasteiger partial charge is 0.481 e. The fourth-order valence-corrected chi connectivity index (χ4v) is 4.97. The molecule has 2 aromatic heterocycles. The number of nitrogen functional groups attached to an aromatic ring is 1. The number of H-pyrrole nitrogens is 1. The predicted octanol–water partition coefficient (Wildman–Crippen LogP) is 2.31. The molecule has 11 nitrogen and oxygen atoms in total. The number of aromatic amines is 1. The van der Waals surface area contributed by atoms with Crippen molar-refractivity contribution < 1.29 is 14.6 Å². The molecule has 0 bridgehead atoms. The molecule has 3 aromatic rings. The Hall–Kier alpha value is -3.15. The third kappa shape index (κ3) is 7.19. The lowest BCUT2D eigenvalue weighted by Crippen LogP contribution is -2.57. The quantitative estimate of drug-likeness (QED) is 0.450. The lowest BCUT2D eigenvalue weighted by Gasteiger charge is -2.46. The van der Waals surface area contributed by atoms with Gasteiger partial charge in [-0.3, -0.25) is 9.69 Å². The van der Waals surface area contributed by atoms with Crippen LogP contribution >= 0.6 is 11.6 Å². The van der Waals surface area contributed by atoms with Crippen LogP contribution in [0.3, 0.4) is 0 Å². The van der Waals surface area contributed by atoms with Gasteiger partial charge >= 0.3 is 0 Å². The number of imidazole rings is 1. The Balaban J connectivity index is 0.000000709. The molecular weight excluding hydrogens is 484 g/mol. The SMILES string of the molecule is CC(=O)O.Nc1nc(N2CCC(N3C[C@H](Cn4ccnc4)OC[C@@H]3Cc3ccc(Cl)cc3)CC2)n[nH]1. The van der Waals surface area contributed by atoms with E-state index in [1.165, 1.54) is 5.56 Å². The molecule has 0 radical (unpaired) electrons. The summed E-state index contributed by atoms with van der Waals surface area (Å²) in [5.41, 5.74) is 7.00. The number of nitrogens with one attached hydrogen (secondary N) is 1. The van der Waals surface area contributed by atoms with E-state index in [-0.39, 0.29) is 6.10 Å². The van der Waals surface area contributed by atoms with Crippen molar-refractivity contribution >= 4 is 29.5 Å². The number of aromatic nitrogens is 5. The molecule has 194 valence electrons. The van der Waals surface area contributed by atoms with Gasteiger partial charge in [-0.05, 0) is 37.0 Å². The zero-order valence-electron chi connectivity index (χ0n) is 20.3. The summed E-state index contributed by atoms with van der Waals surface area (Å²) in [5, 5.41) is 15.1.